The quantitative estimate of drug-likeness (QED) is 0.788. The molecule has 94 valence electrons. The summed E-state index contributed by atoms with van der Waals surface area (Å²) in [7, 11) is 0. The van der Waals surface area contributed by atoms with Crippen LogP contribution in [0.2, 0.25) is 0 Å². The van der Waals surface area contributed by atoms with Gasteiger partial charge < -0.3 is 15.1 Å². The van der Waals surface area contributed by atoms with Crippen molar-refractivity contribution >= 4 is 16.7 Å². The highest BCUT2D eigenvalue weighted by molar-refractivity contribution is 5.81. The Bertz CT molecular complexity index is 575. The molecule has 0 radical (unpaired) electrons. The minimum atomic E-state index is -0.683. The molecule has 0 saturated carbocycles. The van der Waals surface area contributed by atoms with Crippen LogP contribution in [0.1, 0.15) is 5.56 Å². The van der Waals surface area contributed by atoms with Gasteiger partial charge >= 0.3 is 0 Å². The maximum Gasteiger partial charge on any atom is 0.132 e. The molecule has 0 bridgehead atoms. The van der Waals surface area contributed by atoms with E-state index in [1.54, 1.807) is 0 Å². The fourth-order valence-electron chi connectivity index (χ4n) is 2.47. The fourth-order valence-corrected chi connectivity index (χ4v) is 2.47. The van der Waals surface area contributed by atoms with Crippen molar-refractivity contribution in [3.63, 3.8) is 0 Å². The monoisotopic (exact) mass is 244 g/mol. The molecular formula is C14H16N2O2. The van der Waals surface area contributed by atoms with Crippen molar-refractivity contribution in [2.24, 2.45) is 0 Å². The maximum atomic E-state index is 9.61. The van der Waals surface area contributed by atoms with Crippen LogP contribution in [0.3, 0.4) is 0 Å². The van der Waals surface area contributed by atoms with Crippen LogP contribution in [0.4, 0.5) is 5.82 Å². The first-order chi connectivity index (χ1) is 8.65. The Morgan fingerprint density at radius 3 is 2.56 bits per heavy atom. The zero-order valence-corrected chi connectivity index (χ0v) is 10.2. The third-order valence-corrected chi connectivity index (χ3v) is 3.45. The summed E-state index contributed by atoms with van der Waals surface area (Å²) in [6.07, 6.45) is -1.37. The highest BCUT2D eigenvalue weighted by Gasteiger charge is 2.31. The van der Waals surface area contributed by atoms with Crippen LogP contribution < -0.4 is 4.90 Å². The molecule has 1 fully saturated rings. The fraction of sp³-hybridized carbons (Fsp3) is 0.357. The molecule has 0 aliphatic carbocycles. The van der Waals surface area contributed by atoms with Gasteiger partial charge in [0, 0.05) is 18.5 Å². The van der Waals surface area contributed by atoms with Gasteiger partial charge in [0.15, 0.2) is 0 Å². The molecular weight excluding hydrogens is 228 g/mol. The van der Waals surface area contributed by atoms with Crippen LogP contribution in [-0.4, -0.2) is 40.5 Å². The lowest BCUT2D eigenvalue weighted by atomic mass is 10.1. The number of benzene rings is 1. The SMILES string of the molecule is Cc1cc2ccccc2nc1N1CC(O)C(O)C1. The highest BCUT2D eigenvalue weighted by Crippen LogP contribution is 2.25. The van der Waals surface area contributed by atoms with Gasteiger partial charge in [0.25, 0.3) is 0 Å². The molecule has 2 heterocycles. The van der Waals surface area contributed by atoms with E-state index in [1.807, 2.05) is 36.1 Å². The number of hydrogen-bond acceptors (Lipinski definition) is 4. The Hall–Kier alpha value is -1.65. The van der Waals surface area contributed by atoms with Crippen molar-refractivity contribution in [2.45, 2.75) is 19.1 Å². The molecule has 2 unspecified atom stereocenters. The van der Waals surface area contributed by atoms with Gasteiger partial charge in [0.1, 0.15) is 5.82 Å². The molecule has 0 amide bonds. The number of aliphatic hydroxyl groups is 2. The number of fused-ring (bicyclic) bond motifs is 1. The molecule has 1 aliphatic rings. The first-order valence-electron chi connectivity index (χ1n) is 6.12. The van der Waals surface area contributed by atoms with Crippen molar-refractivity contribution in [2.75, 3.05) is 18.0 Å². The topological polar surface area (TPSA) is 56.6 Å². The predicted octanol–water partition coefficient (Wildman–Crippen LogP) is 1.09. The second-order valence-electron chi connectivity index (χ2n) is 4.86. The second-order valence-corrected chi connectivity index (χ2v) is 4.86. The van der Waals surface area contributed by atoms with Crippen LogP contribution in [-0.2, 0) is 0 Å². The Morgan fingerprint density at radius 2 is 1.83 bits per heavy atom. The minimum absolute atomic E-state index is 0.438. The van der Waals surface area contributed by atoms with E-state index >= 15 is 0 Å². The van der Waals surface area contributed by atoms with E-state index in [4.69, 9.17) is 0 Å². The van der Waals surface area contributed by atoms with E-state index in [1.165, 1.54) is 0 Å². The summed E-state index contributed by atoms with van der Waals surface area (Å²) in [6, 6.07) is 10.1. The number of pyridine rings is 1. The Morgan fingerprint density at radius 1 is 1.17 bits per heavy atom. The van der Waals surface area contributed by atoms with E-state index < -0.39 is 12.2 Å². The minimum Gasteiger partial charge on any atom is -0.389 e. The summed E-state index contributed by atoms with van der Waals surface area (Å²) in [5, 5.41) is 20.3. The number of anilines is 1. The zero-order valence-electron chi connectivity index (χ0n) is 10.2. The van der Waals surface area contributed by atoms with Crippen LogP contribution in [0.15, 0.2) is 30.3 Å². The predicted molar refractivity (Wildman–Crippen MR) is 70.7 cm³/mol. The van der Waals surface area contributed by atoms with Gasteiger partial charge in [-0.2, -0.15) is 0 Å². The average molecular weight is 244 g/mol. The molecule has 1 aromatic carbocycles. The van der Waals surface area contributed by atoms with Crippen LogP contribution in [0, 0.1) is 6.92 Å². The van der Waals surface area contributed by atoms with Crippen molar-refractivity contribution in [1.82, 2.24) is 4.98 Å². The van der Waals surface area contributed by atoms with Gasteiger partial charge in [-0.3, -0.25) is 0 Å². The first kappa shape index (κ1) is 11.4. The number of aliphatic hydroxyl groups excluding tert-OH is 2. The van der Waals surface area contributed by atoms with Gasteiger partial charge in [-0.1, -0.05) is 18.2 Å². The standard InChI is InChI=1S/C14H16N2O2/c1-9-6-10-4-2-3-5-11(10)15-14(9)16-7-12(17)13(18)8-16/h2-6,12-13,17-18H,7-8H2,1H3. The molecule has 2 atom stereocenters. The summed E-state index contributed by atoms with van der Waals surface area (Å²) in [6.45, 7) is 2.88. The molecule has 2 aromatic rings. The number of aryl methyl sites for hydroxylation is 1. The lowest BCUT2D eigenvalue weighted by molar-refractivity contribution is 0.0572. The zero-order chi connectivity index (χ0) is 12.7. The Labute approximate surface area is 105 Å². The van der Waals surface area contributed by atoms with E-state index in [2.05, 4.69) is 11.1 Å². The largest absolute Gasteiger partial charge is 0.389 e. The third kappa shape index (κ3) is 1.83. The lowest BCUT2D eigenvalue weighted by Crippen LogP contribution is -2.23. The third-order valence-electron chi connectivity index (χ3n) is 3.45. The average Bonchev–Trinajstić information content (AvgIpc) is 2.68. The van der Waals surface area contributed by atoms with Crippen molar-refractivity contribution in [1.29, 1.82) is 0 Å². The van der Waals surface area contributed by atoms with E-state index in [0.29, 0.717) is 13.1 Å². The molecule has 1 aromatic heterocycles. The highest BCUT2D eigenvalue weighted by atomic mass is 16.3. The molecule has 1 saturated heterocycles. The summed E-state index contributed by atoms with van der Waals surface area (Å²) < 4.78 is 0. The maximum absolute atomic E-state index is 9.61. The van der Waals surface area contributed by atoms with Crippen LogP contribution in [0.5, 0.6) is 0 Å². The van der Waals surface area contributed by atoms with Gasteiger partial charge in [-0.25, -0.2) is 4.98 Å². The number of nitrogens with zero attached hydrogens (tertiary/aromatic N) is 2. The van der Waals surface area contributed by atoms with E-state index in [0.717, 1.165) is 22.3 Å². The normalized spacial score (nSPS) is 23.8. The Balaban J connectivity index is 2.04. The van der Waals surface area contributed by atoms with Gasteiger partial charge in [0.2, 0.25) is 0 Å². The molecule has 2 N–H and O–H groups in total. The van der Waals surface area contributed by atoms with Gasteiger partial charge in [-0.15, -0.1) is 0 Å². The van der Waals surface area contributed by atoms with E-state index in [-0.39, 0.29) is 0 Å². The smallest absolute Gasteiger partial charge is 0.132 e. The number of hydrogen-bond donors (Lipinski definition) is 2. The van der Waals surface area contributed by atoms with Crippen molar-refractivity contribution in [3.8, 4) is 0 Å². The number of β-amino-alcohol motifs (C(OH)–C–C–N with tert-alkyl or cyclic N) is 2. The second kappa shape index (κ2) is 4.23. The van der Waals surface area contributed by atoms with Crippen LogP contribution >= 0.6 is 0 Å². The summed E-state index contributed by atoms with van der Waals surface area (Å²) >= 11 is 0. The van der Waals surface area contributed by atoms with Gasteiger partial charge in [0.05, 0.1) is 17.7 Å². The molecule has 4 heteroatoms. The molecule has 4 nitrogen and oxygen atoms in total. The van der Waals surface area contributed by atoms with E-state index in [9.17, 15) is 10.2 Å². The molecule has 1 aliphatic heterocycles. The number of rotatable bonds is 1. The molecule has 0 spiro atoms. The summed E-state index contributed by atoms with van der Waals surface area (Å²) in [4.78, 5) is 6.57. The summed E-state index contributed by atoms with van der Waals surface area (Å²) in [5.74, 6) is 0.851. The van der Waals surface area contributed by atoms with Crippen LogP contribution in [0.25, 0.3) is 10.9 Å². The lowest BCUT2D eigenvalue weighted by Gasteiger charge is -2.19. The first-order valence-corrected chi connectivity index (χ1v) is 6.12. The van der Waals surface area contributed by atoms with Crippen molar-refractivity contribution in [3.05, 3.63) is 35.9 Å². The van der Waals surface area contributed by atoms with Gasteiger partial charge in [-0.05, 0) is 24.6 Å². The number of aromatic nitrogens is 1. The number of para-hydroxylation sites is 1. The summed E-state index contributed by atoms with van der Waals surface area (Å²) in [5.41, 5.74) is 2.00. The van der Waals surface area contributed by atoms with Crippen molar-refractivity contribution < 1.29 is 10.2 Å². The molecule has 18 heavy (non-hydrogen) atoms. The Kier molecular flexibility index (Phi) is 2.69. The molecule has 3 rings (SSSR count).